The Morgan fingerprint density at radius 2 is 1.75 bits per heavy atom. The summed E-state index contributed by atoms with van der Waals surface area (Å²) >= 11 is 3.29. The molecule has 2 aromatic heterocycles. The van der Waals surface area contributed by atoms with Crippen LogP contribution >= 0.6 is 15.9 Å². The van der Waals surface area contributed by atoms with E-state index in [4.69, 9.17) is 17.7 Å². The highest BCUT2D eigenvalue weighted by Crippen LogP contribution is 2.34. The van der Waals surface area contributed by atoms with Crippen molar-refractivity contribution in [2.45, 2.75) is 20.3 Å². The Balaban J connectivity index is 2.03. The van der Waals surface area contributed by atoms with Crippen molar-refractivity contribution in [2.75, 3.05) is 24.3 Å². The van der Waals surface area contributed by atoms with Gasteiger partial charge in [0.05, 0.1) is 11.0 Å². The van der Waals surface area contributed by atoms with Crippen LogP contribution in [0, 0.1) is 6.92 Å². The van der Waals surface area contributed by atoms with Gasteiger partial charge in [-0.25, -0.2) is 19.9 Å². The van der Waals surface area contributed by atoms with Gasteiger partial charge in [-0.1, -0.05) is 35.0 Å². The molecule has 0 saturated carbocycles. The highest BCUT2D eigenvalue weighted by molar-refractivity contribution is 9.10. The lowest BCUT2D eigenvalue weighted by Gasteiger charge is -2.15. The van der Waals surface area contributed by atoms with E-state index in [2.05, 4.69) is 40.6 Å². The van der Waals surface area contributed by atoms with E-state index in [1.54, 1.807) is 19.1 Å². The summed E-state index contributed by atoms with van der Waals surface area (Å²) in [7, 11) is -4.52. The van der Waals surface area contributed by atoms with Crippen LogP contribution in [-0.4, -0.2) is 48.0 Å². The molecule has 0 aliphatic rings. The molecule has 170 valence electrons. The Labute approximate surface area is 203 Å². The van der Waals surface area contributed by atoms with E-state index in [0.717, 1.165) is 6.33 Å². The highest BCUT2D eigenvalue weighted by Gasteiger charge is 2.19. The van der Waals surface area contributed by atoms with Gasteiger partial charge in [-0.2, -0.15) is 13.1 Å². The minimum Gasteiger partial charge on any atom is -0.473 e. The Bertz CT molecular complexity index is 1380. The number of ether oxygens (including phenoxy) is 2. The van der Waals surface area contributed by atoms with Crippen LogP contribution in [0.5, 0.6) is 11.9 Å². The van der Waals surface area contributed by atoms with Crippen molar-refractivity contribution in [1.29, 1.82) is 0 Å². The number of nitrogens with zero attached hydrogens (tertiary/aromatic N) is 4. The number of hydrogen-bond donors (Lipinski definition) is 2. The first-order chi connectivity index (χ1) is 17.5. The van der Waals surface area contributed by atoms with Crippen LogP contribution in [-0.2, 0) is 10.2 Å². The molecular formula is C20H23BrN6O4S. The van der Waals surface area contributed by atoms with Crippen molar-refractivity contribution in [2.24, 2.45) is 0 Å². The average molecular weight is 529 g/mol. The predicted octanol–water partition coefficient (Wildman–Crippen LogP) is 3.12. The number of nitrogens with one attached hydrogen (secondary N) is 2. The number of halogens is 1. The number of aryl methyl sites for hydroxylation is 1. The summed E-state index contributed by atoms with van der Waals surface area (Å²) in [4.78, 5) is 15.4. The van der Waals surface area contributed by atoms with Crippen LogP contribution in [0.2, 0.25) is 0 Å². The number of rotatable bonds is 11. The molecule has 3 aromatic rings. The minimum atomic E-state index is -4.52. The molecule has 2 N–H and O–H groups in total. The zero-order valence-electron chi connectivity index (χ0n) is 23.0. The highest BCUT2D eigenvalue weighted by atomic mass is 79.9. The molecule has 0 spiro atoms. The van der Waals surface area contributed by atoms with Gasteiger partial charge in [0.1, 0.15) is 19.4 Å². The summed E-state index contributed by atoms with van der Waals surface area (Å²) in [6.45, 7) is -5.45. The van der Waals surface area contributed by atoms with Gasteiger partial charge in [0.15, 0.2) is 5.82 Å². The van der Waals surface area contributed by atoms with E-state index in [-0.39, 0.29) is 23.4 Å². The van der Waals surface area contributed by atoms with Gasteiger partial charge in [-0.15, -0.1) is 0 Å². The summed E-state index contributed by atoms with van der Waals surface area (Å²) in [6, 6.07) is 5.86. The predicted molar refractivity (Wildman–Crippen MR) is 124 cm³/mol. The van der Waals surface area contributed by atoms with E-state index in [0.29, 0.717) is 10.0 Å². The molecule has 0 atom stereocenters. The van der Waals surface area contributed by atoms with Gasteiger partial charge in [-0.3, -0.25) is 4.72 Å². The molecule has 0 radical (unpaired) electrons. The van der Waals surface area contributed by atoms with Crippen LogP contribution in [0.1, 0.15) is 27.1 Å². The second kappa shape index (κ2) is 11.2. The van der Waals surface area contributed by atoms with Gasteiger partial charge < -0.3 is 9.47 Å². The maximum Gasteiger partial charge on any atom is 0.316 e. The first-order valence-corrected chi connectivity index (χ1v) is 11.4. The van der Waals surface area contributed by atoms with Crippen LogP contribution in [0.4, 0.5) is 5.82 Å². The molecule has 0 saturated heterocycles. The quantitative estimate of drug-likeness (QED) is 0.388. The summed E-state index contributed by atoms with van der Waals surface area (Å²) < 4.78 is 88.6. The normalized spacial score (nSPS) is 15.3. The Morgan fingerprint density at radius 1 is 1.06 bits per heavy atom. The van der Waals surface area contributed by atoms with Gasteiger partial charge in [0.25, 0.3) is 10.2 Å². The van der Waals surface area contributed by atoms with Gasteiger partial charge in [0.2, 0.25) is 5.88 Å². The largest absolute Gasteiger partial charge is 0.473 e. The number of aromatic nitrogens is 4. The average Bonchev–Trinajstić information content (AvgIpc) is 2.80. The molecule has 3 rings (SSSR count). The van der Waals surface area contributed by atoms with Gasteiger partial charge in [-0.05, 0) is 36.6 Å². The van der Waals surface area contributed by atoms with Crippen molar-refractivity contribution < 1.29 is 26.1 Å². The molecular weight excluding hydrogens is 500 g/mol. The molecule has 2 heterocycles. The van der Waals surface area contributed by atoms with Crippen molar-refractivity contribution in [3.63, 3.8) is 0 Å². The fourth-order valence-electron chi connectivity index (χ4n) is 2.29. The molecule has 32 heavy (non-hydrogen) atoms. The monoisotopic (exact) mass is 528 g/mol. The molecule has 0 unspecified atom stereocenters. The molecule has 10 nitrogen and oxygen atoms in total. The Hall–Kier alpha value is -2.83. The molecule has 0 bridgehead atoms. The lowest BCUT2D eigenvalue weighted by atomic mass is 10.1. The third-order valence-corrected chi connectivity index (χ3v) is 5.05. The van der Waals surface area contributed by atoms with E-state index in [9.17, 15) is 8.42 Å². The second-order valence-corrected chi connectivity index (χ2v) is 8.43. The van der Waals surface area contributed by atoms with Crippen LogP contribution in [0.25, 0.3) is 11.1 Å². The van der Waals surface area contributed by atoms with E-state index in [1.807, 2.05) is 4.72 Å². The summed E-state index contributed by atoms with van der Waals surface area (Å²) in [5.74, 6) is -0.906. The Kier molecular flexibility index (Phi) is 5.84. The lowest BCUT2D eigenvalue weighted by molar-refractivity contribution is 0.202. The fourth-order valence-corrected chi connectivity index (χ4v) is 3.35. The summed E-state index contributed by atoms with van der Waals surface area (Å²) in [5, 5.41) is 0. The molecule has 0 amide bonds. The van der Waals surface area contributed by atoms with E-state index in [1.165, 1.54) is 31.5 Å². The molecule has 0 aliphatic heterocycles. The van der Waals surface area contributed by atoms with Crippen LogP contribution in [0.3, 0.4) is 0 Å². The van der Waals surface area contributed by atoms with Crippen molar-refractivity contribution >= 4 is 32.0 Å². The van der Waals surface area contributed by atoms with Crippen LogP contribution < -0.4 is 18.9 Å². The molecule has 1 aromatic carbocycles. The van der Waals surface area contributed by atoms with Crippen molar-refractivity contribution in [3.05, 3.63) is 53.0 Å². The molecule has 0 aliphatic carbocycles. The van der Waals surface area contributed by atoms with Crippen molar-refractivity contribution in [1.82, 2.24) is 24.7 Å². The van der Waals surface area contributed by atoms with E-state index < -0.39 is 41.7 Å². The number of anilines is 1. The lowest BCUT2D eigenvalue weighted by Crippen LogP contribution is -2.31. The molecule has 12 heteroatoms. The number of hydrogen-bond acceptors (Lipinski definition) is 8. The standard InChI is InChI=1S/C20H23BrN6O4S/c1-3-8-26-32(28,29)27-18-17(15-4-6-16(21)7-5-15)19(25-13-24-18)30-9-10-31-20-22-11-14(2)12-23-20/h4-7,11-13,26H,3,8-10H2,1-2H3,(H,24,25,27)/i8D2,9D2,10D2. The van der Waals surface area contributed by atoms with Gasteiger partial charge in [0, 0.05) is 26.1 Å². The smallest absolute Gasteiger partial charge is 0.316 e. The first-order valence-electron chi connectivity index (χ1n) is 12.1. The Morgan fingerprint density at radius 3 is 2.44 bits per heavy atom. The van der Waals surface area contributed by atoms with E-state index >= 15 is 0 Å². The third kappa shape index (κ3) is 6.84. The number of benzene rings is 1. The zero-order valence-corrected chi connectivity index (χ0v) is 19.4. The van der Waals surface area contributed by atoms with Crippen LogP contribution in [0.15, 0.2) is 47.5 Å². The van der Waals surface area contributed by atoms with Gasteiger partial charge >= 0.3 is 6.01 Å². The maximum atomic E-state index is 12.7. The third-order valence-electron chi connectivity index (χ3n) is 3.65. The molecule has 0 fully saturated rings. The SMILES string of the molecule is [2H]C([2H])(CC)NS(=O)(=O)Nc1ncnc(OC([2H])([2H])C([2H])([2H])Oc2ncc(C)cn2)c1-c1ccc(Br)cc1. The fraction of sp³-hybridized carbons (Fsp3) is 0.300. The first kappa shape index (κ1) is 16.8. The summed E-state index contributed by atoms with van der Waals surface area (Å²) in [5.41, 5.74) is 0.807. The maximum absolute atomic E-state index is 12.7. The summed E-state index contributed by atoms with van der Waals surface area (Å²) in [6.07, 6.45) is 3.43. The zero-order chi connectivity index (χ0) is 28.4. The van der Waals surface area contributed by atoms with Crippen molar-refractivity contribution in [3.8, 4) is 23.0 Å². The second-order valence-electron chi connectivity index (χ2n) is 6.10. The topological polar surface area (TPSA) is 128 Å². The minimum absolute atomic E-state index is 0.145.